The second-order valence-electron chi connectivity index (χ2n) is 2.89. The molecule has 16 heavy (non-hydrogen) atoms. The van der Waals surface area contributed by atoms with Crippen LogP contribution >= 0.6 is 0 Å². The summed E-state index contributed by atoms with van der Waals surface area (Å²) in [6.07, 6.45) is 0. The van der Waals surface area contributed by atoms with Crippen LogP contribution in [0.15, 0.2) is 18.2 Å². The molecule has 1 rings (SSSR count). The van der Waals surface area contributed by atoms with Gasteiger partial charge in [0.1, 0.15) is 0 Å². The van der Waals surface area contributed by atoms with Crippen LogP contribution in [-0.2, 0) is 9.53 Å². The summed E-state index contributed by atoms with van der Waals surface area (Å²) in [4.78, 5) is 21.7. The van der Waals surface area contributed by atoms with Crippen molar-refractivity contribution >= 4 is 11.9 Å². The van der Waals surface area contributed by atoms with Crippen LogP contribution in [0.4, 0.5) is 8.78 Å². The number of halogens is 2. The van der Waals surface area contributed by atoms with Gasteiger partial charge in [0.05, 0.1) is 5.56 Å². The van der Waals surface area contributed by atoms with E-state index < -0.39 is 29.1 Å². The van der Waals surface area contributed by atoms with Crippen molar-refractivity contribution in [1.82, 2.24) is 5.32 Å². The number of rotatable bonds is 3. The fraction of sp³-hybridized carbons (Fsp3) is 0.200. The highest BCUT2D eigenvalue weighted by atomic mass is 19.2. The van der Waals surface area contributed by atoms with Gasteiger partial charge in [-0.25, -0.2) is 8.78 Å². The number of carbonyl (C=O) groups excluding carboxylic acids is 2. The SMILES string of the molecule is CC(=O)OCNC(=O)c1cccc(F)c1F. The molecule has 0 radical (unpaired) electrons. The Balaban J connectivity index is 2.66. The first kappa shape index (κ1) is 12.1. The fourth-order valence-corrected chi connectivity index (χ4v) is 0.978. The Morgan fingerprint density at radius 2 is 2.06 bits per heavy atom. The zero-order chi connectivity index (χ0) is 12.1. The van der Waals surface area contributed by atoms with Gasteiger partial charge in [-0.1, -0.05) is 6.07 Å². The van der Waals surface area contributed by atoms with Gasteiger partial charge < -0.3 is 10.1 Å². The largest absolute Gasteiger partial charge is 0.445 e. The number of hydrogen-bond acceptors (Lipinski definition) is 3. The minimum atomic E-state index is -1.23. The van der Waals surface area contributed by atoms with Crippen LogP contribution in [-0.4, -0.2) is 18.6 Å². The number of benzene rings is 1. The first-order valence-electron chi connectivity index (χ1n) is 4.38. The first-order chi connectivity index (χ1) is 7.52. The van der Waals surface area contributed by atoms with Crippen molar-refractivity contribution in [3.8, 4) is 0 Å². The Kier molecular flexibility index (Phi) is 3.93. The number of nitrogens with one attached hydrogen (secondary N) is 1. The van der Waals surface area contributed by atoms with E-state index in [1.165, 1.54) is 6.07 Å². The van der Waals surface area contributed by atoms with E-state index in [0.29, 0.717) is 0 Å². The molecule has 0 aliphatic carbocycles. The molecule has 86 valence electrons. The van der Waals surface area contributed by atoms with E-state index >= 15 is 0 Å². The third-order valence-corrected chi connectivity index (χ3v) is 1.70. The molecule has 0 fully saturated rings. The average Bonchev–Trinajstić information content (AvgIpc) is 2.21. The van der Waals surface area contributed by atoms with Crippen LogP contribution in [0.25, 0.3) is 0 Å². The third kappa shape index (κ3) is 3.01. The van der Waals surface area contributed by atoms with Crippen molar-refractivity contribution in [1.29, 1.82) is 0 Å². The second kappa shape index (κ2) is 5.20. The molecule has 0 aromatic heterocycles. The summed E-state index contributed by atoms with van der Waals surface area (Å²) in [5.41, 5.74) is -0.438. The van der Waals surface area contributed by atoms with Crippen molar-refractivity contribution in [3.63, 3.8) is 0 Å². The summed E-state index contributed by atoms with van der Waals surface area (Å²) in [7, 11) is 0. The van der Waals surface area contributed by atoms with Gasteiger partial charge in [-0.3, -0.25) is 9.59 Å². The summed E-state index contributed by atoms with van der Waals surface area (Å²) in [6, 6.07) is 3.23. The van der Waals surface area contributed by atoms with Gasteiger partial charge in [0.2, 0.25) is 0 Å². The summed E-state index contributed by atoms with van der Waals surface area (Å²) < 4.78 is 30.3. The van der Waals surface area contributed by atoms with Crippen LogP contribution in [0.1, 0.15) is 17.3 Å². The van der Waals surface area contributed by atoms with E-state index in [9.17, 15) is 18.4 Å². The van der Waals surface area contributed by atoms with Crippen LogP contribution < -0.4 is 5.32 Å². The van der Waals surface area contributed by atoms with Gasteiger partial charge in [-0.15, -0.1) is 0 Å². The van der Waals surface area contributed by atoms with Crippen LogP contribution in [0.3, 0.4) is 0 Å². The lowest BCUT2D eigenvalue weighted by Crippen LogP contribution is -2.28. The molecule has 1 amide bonds. The minimum Gasteiger partial charge on any atom is -0.445 e. The summed E-state index contributed by atoms with van der Waals surface area (Å²) in [6.45, 7) is 0.777. The Bertz CT molecular complexity index is 421. The highest BCUT2D eigenvalue weighted by molar-refractivity contribution is 5.94. The van der Waals surface area contributed by atoms with Crippen LogP contribution in [0.5, 0.6) is 0 Å². The molecule has 4 nitrogen and oxygen atoms in total. The molecule has 6 heteroatoms. The van der Waals surface area contributed by atoms with E-state index in [-0.39, 0.29) is 6.73 Å². The average molecular weight is 229 g/mol. The van der Waals surface area contributed by atoms with E-state index in [2.05, 4.69) is 10.1 Å². The Hall–Kier alpha value is -1.98. The summed E-state index contributed by atoms with van der Waals surface area (Å²) in [5, 5.41) is 2.11. The molecule has 0 unspecified atom stereocenters. The van der Waals surface area contributed by atoms with Gasteiger partial charge in [-0.05, 0) is 12.1 Å². The number of carbonyl (C=O) groups is 2. The van der Waals surface area contributed by atoms with Crippen LogP contribution in [0.2, 0.25) is 0 Å². The maximum absolute atomic E-state index is 13.1. The molecule has 0 bridgehead atoms. The molecule has 0 saturated heterocycles. The number of amides is 1. The molecule has 0 heterocycles. The quantitative estimate of drug-likeness (QED) is 0.626. The molecule has 0 atom stereocenters. The van der Waals surface area contributed by atoms with Gasteiger partial charge in [0.15, 0.2) is 18.4 Å². The third-order valence-electron chi connectivity index (χ3n) is 1.70. The monoisotopic (exact) mass is 229 g/mol. The summed E-state index contributed by atoms with van der Waals surface area (Å²) >= 11 is 0. The lowest BCUT2D eigenvalue weighted by Gasteiger charge is -2.06. The highest BCUT2D eigenvalue weighted by Gasteiger charge is 2.14. The van der Waals surface area contributed by atoms with E-state index in [0.717, 1.165) is 19.1 Å². The topological polar surface area (TPSA) is 55.4 Å². The lowest BCUT2D eigenvalue weighted by atomic mass is 10.2. The highest BCUT2D eigenvalue weighted by Crippen LogP contribution is 2.10. The zero-order valence-corrected chi connectivity index (χ0v) is 8.42. The molecule has 0 spiro atoms. The molecule has 0 aliphatic rings. The molecule has 0 aliphatic heterocycles. The van der Waals surface area contributed by atoms with Crippen molar-refractivity contribution in [2.24, 2.45) is 0 Å². The Morgan fingerprint density at radius 3 is 2.69 bits per heavy atom. The molecule has 1 N–H and O–H groups in total. The first-order valence-corrected chi connectivity index (χ1v) is 4.38. The minimum absolute atomic E-state index is 0.385. The van der Waals surface area contributed by atoms with E-state index in [1.807, 2.05) is 0 Å². The maximum atomic E-state index is 13.1. The smallest absolute Gasteiger partial charge is 0.304 e. The molecular formula is C10H9F2NO3. The Labute approximate surface area is 90.2 Å². The predicted octanol–water partition coefficient (Wildman–Crippen LogP) is 1.22. The normalized spacial score (nSPS) is 9.69. The predicted molar refractivity (Wildman–Crippen MR) is 50.5 cm³/mol. The van der Waals surface area contributed by atoms with E-state index in [4.69, 9.17) is 0 Å². The van der Waals surface area contributed by atoms with Gasteiger partial charge in [0, 0.05) is 6.92 Å². The second-order valence-corrected chi connectivity index (χ2v) is 2.89. The number of hydrogen-bond donors (Lipinski definition) is 1. The standard InChI is InChI=1S/C10H9F2NO3/c1-6(14)16-5-13-10(15)7-3-2-4-8(11)9(7)12/h2-4H,5H2,1H3,(H,13,15). The maximum Gasteiger partial charge on any atom is 0.304 e. The number of ether oxygens (including phenoxy) is 1. The summed E-state index contributed by atoms with van der Waals surface area (Å²) in [5.74, 6) is -3.78. The van der Waals surface area contributed by atoms with Crippen molar-refractivity contribution in [3.05, 3.63) is 35.4 Å². The lowest BCUT2D eigenvalue weighted by molar-refractivity contribution is -0.141. The number of esters is 1. The fourth-order valence-electron chi connectivity index (χ4n) is 0.978. The van der Waals surface area contributed by atoms with E-state index in [1.54, 1.807) is 0 Å². The van der Waals surface area contributed by atoms with Crippen molar-refractivity contribution < 1.29 is 23.1 Å². The molecular weight excluding hydrogens is 220 g/mol. The van der Waals surface area contributed by atoms with Crippen molar-refractivity contribution in [2.45, 2.75) is 6.92 Å². The molecule has 1 aromatic rings. The molecule has 1 aromatic carbocycles. The van der Waals surface area contributed by atoms with Crippen molar-refractivity contribution in [2.75, 3.05) is 6.73 Å². The van der Waals surface area contributed by atoms with Gasteiger partial charge in [-0.2, -0.15) is 0 Å². The molecule has 0 saturated carbocycles. The zero-order valence-electron chi connectivity index (χ0n) is 8.42. The van der Waals surface area contributed by atoms with Gasteiger partial charge >= 0.3 is 5.97 Å². The van der Waals surface area contributed by atoms with Gasteiger partial charge in [0.25, 0.3) is 5.91 Å². The van der Waals surface area contributed by atoms with Crippen LogP contribution in [0, 0.1) is 11.6 Å². The Morgan fingerprint density at radius 1 is 1.38 bits per heavy atom.